The Morgan fingerprint density at radius 1 is 0.722 bits per heavy atom. The molecule has 7 nitrogen and oxygen atoms in total. The fraction of sp³-hybridized carbons (Fsp3) is 1.00. The minimum absolute atomic E-state index is 0.0455. The third kappa shape index (κ3) is 15.7. The van der Waals surface area contributed by atoms with E-state index in [0.29, 0.717) is 59.5 Å². The Labute approximate surface area is 109 Å². The van der Waals surface area contributed by atoms with Gasteiger partial charge in [-0.2, -0.15) is 0 Å². The summed E-state index contributed by atoms with van der Waals surface area (Å²) >= 11 is 0. The van der Waals surface area contributed by atoms with Gasteiger partial charge in [-0.05, 0) is 0 Å². The molecule has 7 heteroatoms. The summed E-state index contributed by atoms with van der Waals surface area (Å²) in [5, 5.41) is 11.4. The second-order valence-electron chi connectivity index (χ2n) is 3.38. The summed E-state index contributed by atoms with van der Waals surface area (Å²) in [6, 6.07) is 0. The molecule has 0 aliphatic carbocycles. The maximum absolute atomic E-state index is 8.45. The largest absolute Gasteiger partial charge is 0.394 e. The van der Waals surface area contributed by atoms with Crippen LogP contribution in [-0.4, -0.2) is 77.8 Å². The van der Waals surface area contributed by atoms with E-state index < -0.39 is 0 Å². The number of aliphatic hydroxyl groups is 1. The lowest BCUT2D eigenvalue weighted by molar-refractivity contribution is -0.00517. The Balaban J connectivity index is 2.86. The van der Waals surface area contributed by atoms with E-state index in [1.54, 1.807) is 0 Å². The Morgan fingerprint density at radius 3 is 1.61 bits per heavy atom. The molecular weight excluding hydrogens is 240 g/mol. The highest BCUT2D eigenvalue weighted by molar-refractivity contribution is 4.39. The lowest BCUT2D eigenvalue weighted by atomic mass is 10.6. The predicted octanol–water partition coefficient (Wildman–Crippen LogP) is -1.45. The summed E-state index contributed by atoms with van der Waals surface area (Å²) in [6.45, 7) is 5.51. The van der Waals surface area contributed by atoms with Gasteiger partial charge < -0.3 is 35.1 Å². The van der Waals surface area contributed by atoms with Crippen LogP contribution in [0.3, 0.4) is 0 Å². The van der Waals surface area contributed by atoms with Gasteiger partial charge in [0.1, 0.15) is 0 Å². The molecule has 0 heterocycles. The molecule has 4 N–H and O–H groups in total. The van der Waals surface area contributed by atoms with E-state index in [0.717, 1.165) is 6.54 Å². The number of hydrogen-bond donors (Lipinski definition) is 3. The molecular formula is C11H26N2O5. The van der Waals surface area contributed by atoms with Crippen LogP contribution in [0, 0.1) is 0 Å². The number of aliphatic hydroxyl groups excluding tert-OH is 1. The average molecular weight is 266 g/mol. The molecule has 0 radical (unpaired) electrons. The molecule has 0 aliphatic rings. The molecule has 110 valence electrons. The van der Waals surface area contributed by atoms with Gasteiger partial charge in [0.25, 0.3) is 0 Å². The van der Waals surface area contributed by atoms with Crippen molar-refractivity contribution in [1.29, 1.82) is 0 Å². The first-order valence-corrected chi connectivity index (χ1v) is 6.24. The van der Waals surface area contributed by atoms with Crippen molar-refractivity contribution in [1.82, 2.24) is 5.32 Å². The van der Waals surface area contributed by atoms with Crippen LogP contribution in [0.15, 0.2) is 0 Å². The molecule has 0 fully saturated rings. The van der Waals surface area contributed by atoms with E-state index in [2.05, 4.69) is 5.32 Å². The van der Waals surface area contributed by atoms with Crippen LogP contribution < -0.4 is 11.1 Å². The minimum atomic E-state index is 0.0455. The van der Waals surface area contributed by atoms with Gasteiger partial charge in [-0.3, -0.25) is 0 Å². The second-order valence-corrected chi connectivity index (χ2v) is 3.38. The maximum atomic E-state index is 8.45. The van der Waals surface area contributed by atoms with E-state index in [4.69, 9.17) is 29.8 Å². The highest BCUT2D eigenvalue weighted by Crippen LogP contribution is 1.82. The smallest absolute Gasteiger partial charge is 0.0701 e. The zero-order valence-corrected chi connectivity index (χ0v) is 10.9. The molecule has 0 rings (SSSR count). The molecule has 0 bridgehead atoms. The van der Waals surface area contributed by atoms with Gasteiger partial charge in [0.15, 0.2) is 0 Å². The number of rotatable bonds is 15. The Bertz CT molecular complexity index is 135. The van der Waals surface area contributed by atoms with Crippen LogP contribution in [0.5, 0.6) is 0 Å². The third-order valence-electron chi connectivity index (χ3n) is 1.92. The Morgan fingerprint density at radius 2 is 1.17 bits per heavy atom. The van der Waals surface area contributed by atoms with Crippen LogP contribution in [0.2, 0.25) is 0 Å². The lowest BCUT2D eigenvalue weighted by Gasteiger charge is -2.07. The molecule has 0 amide bonds. The Hall–Kier alpha value is -0.280. The van der Waals surface area contributed by atoms with E-state index in [-0.39, 0.29) is 6.61 Å². The predicted molar refractivity (Wildman–Crippen MR) is 67.4 cm³/mol. The Kier molecular flexibility index (Phi) is 16.5. The summed E-state index contributed by atoms with van der Waals surface area (Å²) in [4.78, 5) is 0. The number of hydrogen-bond acceptors (Lipinski definition) is 7. The van der Waals surface area contributed by atoms with Crippen molar-refractivity contribution >= 4 is 0 Å². The van der Waals surface area contributed by atoms with Crippen molar-refractivity contribution < 1.29 is 24.1 Å². The van der Waals surface area contributed by atoms with Crippen LogP contribution in [0.4, 0.5) is 0 Å². The van der Waals surface area contributed by atoms with Crippen molar-refractivity contribution in [3.63, 3.8) is 0 Å². The van der Waals surface area contributed by atoms with E-state index in [9.17, 15) is 0 Å². The molecule has 0 aromatic heterocycles. The SMILES string of the molecule is NCNCCOCCOCCOCCOCCO. The van der Waals surface area contributed by atoms with Gasteiger partial charge in [0.2, 0.25) is 0 Å². The highest BCUT2D eigenvalue weighted by atomic mass is 16.6. The molecule has 0 aliphatic heterocycles. The van der Waals surface area contributed by atoms with Gasteiger partial charge in [-0.15, -0.1) is 0 Å². The topological polar surface area (TPSA) is 95.2 Å². The zero-order chi connectivity index (χ0) is 13.3. The maximum Gasteiger partial charge on any atom is 0.0701 e. The highest BCUT2D eigenvalue weighted by Gasteiger charge is 1.92. The standard InChI is InChI=1S/C11H26N2O5/c12-11-13-1-3-15-5-7-17-9-10-18-8-6-16-4-2-14/h13-14H,1-12H2. The second kappa shape index (κ2) is 16.7. The summed E-state index contributed by atoms with van der Waals surface area (Å²) in [6.07, 6.45) is 0. The minimum Gasteiger partial charge on any atom is -0.394 e. The summed E-state index contributed by atoms with van der Waals surface area (Å²) in [5.41, 5.74) is 5.25. The van der Waals surface area contributed by atoms with Crippen LogP contribution in [0.25, 0.3) is 0 Å². The molecule has 0 aromatic carbocycles. The molecule has 0 saturated heterocycles. The van der Waals surface area contributed by atoms with Gasteiger partial charge in [-0.25, -0.2) is 0 Å². The fourth-order valence-electron chi connectivity index (χ4n) is 1.07. The normalized spacial score (nSPS) is 11.0. The summed E-state index contributed by atoms with van der Waals surface area (Å²) in [7, 11) is 0. The monoisotopic (exact) mass is 266 g/mol. The summed E-state index contributed by atoms with van der Waals surface area (Å²) < 4.78 is 20.8. The first-order chi connectivity index (χ1) is 8.91. The van der Waals surface area contributed by atoms with Crippen molar-refractivity contribution in [2.75, 3.05) is 72.7 Å². The van der Waals surface area contributed by atoms with E-state index in [1.165, 1.54) is 0 Å². The van der Waals surface area contributed by atoms with Gasteiger partial charge >= 0.3 is 0 Å². The quantitative estimate of drug-likeness (QED) is 0.246. The third-order valence-corrected chi connectivity index (χ3v) is 1.92. The molecule has 0 atom stereocenters. The van der Waals surface area contributed by atoms with Crippen molar-refractivity contribution in [2.45, 2.75) is 0 Å². The molecule has 18 heavy (non-hydrogen) atoms. The van der Waals surface area contributed by atoms with Crippen molar-refractivity contribution in [3.8, 4) is 0 Å². The average Bonchev–Trinajstić information content (AvgIpc) is 2.39. The van der Waals surface area contributed by atoms with Crippen molar-refractivity contribution in [2.24, 2.45) is 5.73 Å². The van der Waals surface area contributed by atoms with Crippen molar-refractivity contribution in [3.05, 3.63) is 0 Å². The molecule has 0 aromatic rings. The summed E-state index contributed by atoms with van der Waals surface area (Å²) in [5.74, 6) is 0. The van der Waals surface area contributed by atoms with Gasteiger partial charge in [0.05, 0.1) is 59.5 Å². The number of nitrogens with two attached hydrogens (primary N) is 1. The van der Waals surface area contributed by atoms with Crippen LogP contribution in [0.1, 0.15) is 0 Å². The van der Waals surface area contributed by atoms with E-state index >= 15 is 0 Å². The lowest BCUT2D eigenvalue weighted by Crippen LogP contribution is -2.26. The zero-order valence-electron chi connectivity index (χ0n) is 10.9. The number of nitrogens with one attached hydrogen (secondary N) is 1. The first-order valence-electron chi connectivity index (χ1n) is 6.24. The van der Waals surface area contributed by atoms with E-state index in [1.807, 2.05) is 0 Å². The van der Waals surface area contributed by atoms with Gasteiger partial charge in [-0.1, -0.05) is 0 Å². The molecule has 0 saturated carbocycles. The van der Waals surface area contributed by atoms with Gasteiger partial charge in [0, 0.05) is 13.2 Å². The van der Waals surface area contributed by atoms with Crippen LogP contribution >= 0.6 is 0 Å². The fourth-order valence-corrected chi connectivity index (χ4v) is 1.07. The van der Waals surface area contributed by atoms with Crippen LogP contribution in [-0.2, 0) is 18.9 Å². The molecule has 0 unspecified atom stereocenters. The first kappa shape index (κ1) is 17.7. The number of ether oxygens (including phenoxy) is 4. The molecule has 0 spiro atoms.